The first kappa shape index (κ1) is 28.1. The highest BCUT2D eigenvalue weighted by Gasteiger charge is 2.71. The van der Waals surface area contributed by atoms with Crippen molar-refractivity contribution in [2.45, 2.75) is 117 Å². The number of aliphatic hydroxyl groups is 4. The van der Waals surface area contributed by atoms with Gasteiger partial charge in [0, 0.05) is 24.7 Å². The lowest BCUT2D eigenvalue weighted by Gasteiger charge is -2.66. The van der Waals surface area contributed by atoms with Gasteiger partial charge in [0.25, 0.3) is 0 Å². The van der Waals surface area contributed by atoms with Gasteiger partial charge in [-0.25, -0.2) is 0 Å². The molecule has 206 valence electrons. The smallest absolute Gasteiger partial charge is 0.302 e. The summed E-state index contributed by atoms with van der Waals surface area (Å²) >= 11 is 0. The van der Waals surface area contributed by atoms with Gasteiger partial charge in [-0.1, -0.05) is 53.7 Å². The van der Waals surface area contributed by atoms with Gasteiger partial charge in [-0.2, -0.15) is 0 Å². The molecule has 4 saturated carbocycles. The van der Waals surface area contributed by atoms with Crippen LogP contribution in [0.5, 0.6) is 0 Å². The van der Waals surface area contributed by atoms with Gasteiger partial charge in [0.05, 0.1) is 12.2 Å². The van der Waals surface area contributed by atoms with Crippen LogP contribution in [-0.2, 0) is 9.53 Å². The molecule has 0 aliphatic heterocycles. The number of hydrogen-bond donors (Lipinski definition) is 4. The molecule has 0 aromatic heterocycles. The molecule has 0 aromatic carbocycles. The highest BCUT2D eigenvalue weighted by atomic mass is 16.5. The highest BCUT2D eigenvalue weighted by Crippen LogP contribution is 2.69. The molecule has 0 aromatic rings. The summed E-state index contributed by atoms with van der Waals surface area (Å²) in [5.41, 5.74) is -2.24. The minimum Gasteiger partial charge on any atom is -0.462 e. The third kappa shape index (κ3) is 4.19. The molecule has 0 spiro atoms. The summed E-state index contributed by atoms with van der Waals surface area (Å²) in [5.74, 6) is 0.967. The van der Waals surface area contributed by atoms with Gasteiger partial charge in [0.2, 0.25) is 0 Å². The summed E-state index contributed by atoms with van der Waals surface area (Å²) in [6.45, 7) is 14.7. The molecule has 4 aliphatic rings. The Morgan fingerprint density at radius 1 is 1.00 bits per heavy atom. The van der Waals surface area contributed by atoms with Gasteiger partial charge in [-0.3, -0.25) is 4.79 Å². The largest absolute Gasteiger partial charge is 0.462 e. The monoisotopic (exact) mass is 506 g/mol. The normalized spacial score (nSPS) is 50.3. The Hall–Kier alpha value is -0.950. The van der Waals surface area contributed by atoms with Crippen LogP contribution in [0.4, 0.5) is 0 Å². The molecular formula is C30H50O6. The number of rotatable bonds is 5. The van der Waals surface area contributed by atoms with Crippen LogP contribution in [0.3, 0.4) is 0 Å². The van der Waals surface area contributed by atoms with E-state index < -0.39 is 29.3 Å². The number of esters is 1. The number of hydrogen-bond acceptors (Lipinski definition) is 6. The van der Waals surface area contributed by atoms with E-state index in [0.717, 1.165) is 12.8 Å². The zero-order valence-corrected chi connectivity index (χ0v) is 23.4. The Balaban J connectivity index is 1.71. The average Bonchev–Trinajstić information content (AvgIpc) is 3.08. The number of fused-ring (bicyclic) bond motifs is 5. The molecule has 13 atom stereocenters. The fraction of sp³-hybridized carbons (Fsp3) is 0.900. The summed E-state index contributed by atoms with van der Waals surface area (Å²) in [5, 5.41) is 45.0. The number of allylic oxidation sites excluding steroid dienone is 2. The molecule has 13 unspecified atom stereocenters. The van der Waals surface area contributed by atoms with Crippen LogP contribution >= 0.6 is 0 Å². The van der Waals surface area contributed by atoms with Gasteiger partial charge in [-0.15, -0.1) is 0 Å². The topological polar surface area (TPSA) is 107 Å². The Morgan fingerprint density at radius 3 is 2.28 bits per heavy atom. The van der Waals surface area contributed by atoms with Crippen molar-refractivity contribution in [3.63, 3.8) is 0 Å². The molecular weight excluding hydrogens is 456 g/mol. The van der Waals surface area contributed by atoms with E-state index in [-0.39, 0.29) is 53.5 Å². The first-order valence-corrected chi connectivity index (χ1v) is 14.3. The van der Waals surface area contributed by atoms with Crippen LogP contribution in [-0.4, -0.2) is 56.4 Å². The van der Waals surface area contributed by atoms with Crippen LogP contribution in [0, 0.1) is 52.3 Å². The summed E-state index contributed by atoms with van der Waals surface area (Å²) in [6.07, 6.45) is 5.05. The van der Waals surface area contributed by atoms with E-state index in [0.29, 0.717) is 31.1 Å². The number of carbonyl (C=O) groups excluding carboxylic acids is 1. The first-order chi connectivity index (χ1) is 16.7. The van der Waals surface area contributed by atoms with Crippen molar-refractivity contribution in [3.8, 4) is 0 Å². The van der Waals surface area contributed by atoms with Gasteiger partial charge >= 0.3 is 5.97 Å². The van der Waals surface area contributed by atoms with Crippen molar-refractivity contribution in [1.82, 2.24) is 0 Å². The van der Waals surface area contributed by atoms with E-state index >= 15 is 0 Å². The Bertz CT molecular complexity index is 856. The third-order valence-corrected chi connectivity index (χ3v) is 11.6. The first-order valence-electron chi connectivity index (χ1n) is 14.3. The van der Waals surface area contributed by atoms with E-state index in [4.69, 9.17) is 4.74 Å². The fourth-order valence-corrected chi connectivity index (χ4v) is 9.25. The van der Waals surface area contributed by atoms with Crippen LogP contribution in [0.1, 0.15) is 87.0 Å². The lowest BCUT2D eigenvalue weighted by Crippen LogP contribution is -2.73. The van der Waals surface area contributed by atoms with E-state index in [1.54, 1.807) is 0 Å². The maximum absolute atomic E-state index is 12.2. The molecule has 36 heavy (non-hydrogen) atoms. The maximum atomic E-state index is 12.2. The summed E-state index contributed by atoms with van der Waals surface area (Å²) in [7, 11) is 0. The van der Waals surface area contributed by atoms with Crippen LogP contribution in [0.2, 0.25) is 0 Å². The molecule has 0 heterocycles. The zero-order valence-electron chi connectivity index (χ0n) is 23.4. The third-order valence-electron chi connectivity index (χ3n) is 11.6. The van der Waals surface area contributed by atoms with E-state index in [1.807, 2.05) is 0 Å². The van der Waals surface area contributed by atoms with Crippen LogP contribution in [0.25, 0.3) is 0 Å². The van der Waals surface area contributed by atoms with Crippen molar-refractivity contribution >= 4 is 5.97 Å². The average molecular weight is 507 g/mol. The second-order valence-electron chi connectivity index (χ2n) is 13.8. The molecule has 4 fully saturated rings. The second-order valence-corrected chi connectivity index (χ2v) is 13.8. The van der Waals surface area contributed by atoms with Crippen molar-refractivity contribution in [3.05, 3.63) is 12.2 Å². The molecule has 6 nitrogen and oxygen atoms in total. The molecule has 0 bridgehead atoms. The molecule has 0 radical (unpaired) electrons. The van der Waals surface area contributed by atoms with Crippen molar-refractivity contribution in [1.29, 1.82) is 0 Å². The maximum Gasteiger partial charge on any atom is 0.302 e. The quantitative estimate of drug-likeness (QED) is 0.331. The molecule has 4 N–H and O–H groups in total. The van der Waals surface area contributed by atoms with Gasteiger partial charge < -0.3 is 25.2 Å². The SMILES string of the molecule is CC(=O)OC1CC2C3C(O)C(O)C4(O)CC(O)CCC4(C)C3CCC2(C)C1C(C)C=CC(C)C(C)C. The lowest BCUT2D eigenvalue weighted by atomic mass is 9.41. The summed E-state index contributed by atoms with van der Waals surface area (Å²) in [4.78, 5) is 12.2. The minimum atomic E-state index is -1.50. The van der Waals surface area contributed by atoms with Crippen molar-refractivity contribution < 1.29 is 30.0 Å². The second kappa shape index (κ2) is 9.66. The number of ether oxygens (including phenoxy) is 1. The Kier molecular flexibility index (Phi) is 7.53. The van der Waals surface area contributed by atoms with E-state index in [2.05, 4.69) is 53.7 Å². The predicted molar refractivity (Wildman–Crippen MR) is 139 cm³/mol. The molecule has 0 saturated heterocycles. The molecule has 0 amide bonds. The van der Waals surface area contributed by atoms with Gasteiger partial charge in [0.15, 0.2) is 0 Å². The van der Waals surface area contributed by atoms with Gasteiger partial charge in [-0.05, 0) is 73.0 Å². The van der Waals surface area contributed by atoms with Crippen molar-refractivity contribution in [2.75, 3.05) is 0 Å². The molecule has 4 aliphatic carbocycles. The number of carbonyl (C=O) groups is 1. The summed E-state index contributed by atoms with van der Waals surface area (Å²) in [6, 6.07) is 0. The molecule has 6 heteroatoms. The number of aliphatic hydroxyl groups excluding tert-OH is 3. The summed E-state index contributed by atoms with van der Waals surface area (Å²) < 4.78 is 5.96. The predicted octanol–water partition coefficient (Wildman–Crippen LogP) is 4.09. The van der Waals surface area contributed by atoms with Crippen molar-refractivity contribution in [2.24, 2.45) is 52.3 Å². The fourth-order valence-electron chi connectivity index (χ4n) is 9.25. The lowest BCUT2D eigenvalue weighted by molar-refractivity contribution is -0.297. The van der Waals surface area contributed by atoms with E-state index in [9.17, 15) is 25.2 Å². The van der Waals surface area contributed by atoms with E-state index in [1.165, 1.54) is 6.92 Å². The Labute approximate surface area is 217 Å². The van der Waals surface area contributed by atoms with Crippen LogP contribution in [0.15, 0.2) is 12.2 Å². The standard InChI is InChI=1S/C30H50O6/c1-16(2)17(3)8-9-18(4)25-23(36-19(5)31)14-22-24-21(11-12-28(22,25)6)29(7)13-10-20(32)15-30(29,35)27(34)26(24)33/h8-9,16-18,20-27,32-35H,10-15H2,1-7H3. The Morgan fingerprint density at radius 2 is 1.67 bits per heavy atom. The zero-order chi connectivity index (χ0) is 26.8. The molecule has 4 rings (SSSR count). The van der Waals surface area contributed by atoms with Crippen LogP contribution < -0.4 is 0 Å². The highest BCUT2D eigenvalue weighted by molar-refractivity contribution is 5.66. The van der Waals surface area contributed by atoms with Gasteiger partial charge in [0.1, 0.15) is 17.8 Å². The minimum absolute atomic E-state index is 0.0371.